The second-order valence-corrected chi connectivity index (χ2v) is 10.6. The molecular formula is C25H34N4O6S. The lowest BCUT2D eigenvalue weighted by Crippen LogP contribution is -2.52. The van der Waals surface area contributed by atoms with Crippen LogP contribution in [0.3, 0.4) is 0 Å². The van der Waals surface area contributed by atoms with E-state index in [1.54, 1.807) is 13.8 Å². The van der Waals surface area contributed by atoms with E-state index in [-0.39, 0.29) is 23.8 Å². The van der Waals surface area contributed by atoms with Crippen molar-refractivity contribution in [2.24, 2.45) is 0 Å². The fourth-order valence-electron chi connectivity index (χ4n) is 3.75. The summed E-state index contributed by atoms with van der Waals surface area (Å²) in [5.74, 6) is -0.914. The Morgan fingerprint density at radius 1 is 1.08 bits per heavy atom. The predicted octanol–water partition coefficient (Wildman–Crippen LogP) is 3.31. The summed E-state index contributed by atoms with van der Waals surface area (Å²) in [6.07, 6.45) is 1.98. The van der Waals surface area contributed by atoms with E-state index in [0.717, 1.165) is 34.2 Å². The number of nitrogens with zero attached hydrogens (tertiary/aromatic N) is 3. The molecule has 0 bridgehead atoms. The minimum absolute atomic E-state index is 0.0406. The highest BCUT2D eigenvalue weighted by molar-refractivity contribution is 7.92. The van der Waals surface area contributed by atoms with E-state index in [0.29, 0.717) is 18.5 Å². The Morgan fingerprint density at radius 2 is 1.72 bits per heavy atom. The first-order valence-corrected chi connectivity index (χ1v) is 13.6. The minimum Gasteiger partial charge on any atom is -0.354 e. The van der Waals surface area contributed by atoms with E-state index in [1.807, 2.05) is 38.1 Å². The van der Waals surface area contributed by atoms with Gasteiger partial charge < -0.3 is 10.2 Å². The lowest BCUT2D eigenvalue weighted by molar-refractivity contribution is -0.384. The van der Waals surface area contributed by atoms with Crippen LogP contribution in [0.15, 0.2) is 42.5 Å². The SMILES string of the molecule is CCCNC(=O)C(CC)N(Cc1ccc(C)cc1)C(=O)CN(c1cc([N+](=O)[O-])ccc1C)S(C)(=O)=O. The van der Waals surface area contributed by atoms with Crippen LogP contribution in [-0.2, 0) is 26.2 Å². The summed E-state index contributed by atoms with van der Waals surface area (Å²) < 4.78 is 26.3. The molecule has 2 aromatic carbocycles. The van der Waals surface area contributed by atoms with Crippen LogP contribution in [0, 0.1) is 24.0 Å². The normalized spacial score (nSPS) is 12.0. The summed E-state index contributed by atoms with van der Waals surface area (Å²) in [4.78, 5) is 38.6. The summed E-state index contributed by atoms with van der Waals surface area (Å²) in [6, 6.07) is 10.5. The predicted molar refractivity (Wildman–Crippen MR) is 139 cm³/mol. The Morgan fingerprint density at radius 3 is 2.25 bits per heavy atom. The quantitative estimate of drug-likeness (QED) is 0.339. The first-order valence-electron chi connectivity index (χ1n) is 11.7. The van der Waals surface area contributed by atoms with E-state index in [9.17, 15) is 28.1 Å². The van der Waals surface area contributed by atoms with E-state index in [1.165, 1.54) is 17.0 Å². The van der Waals surface area contributed by atoms with Crippen LogP contribution in [-0.4, -0.2) is 55.4 Å². The smallest absolute Gasteiger partial charge is 0.271 e. The molecule has 0 aliphatic rings. The van der Waals surface area contributed by atoms with Crippen LogP contribution in [0.1, 0.15) is 43.4 Å². The Kier molecular flexibility index (Phi) is 9.97. The van der Waals surface area contributed by atoms with Gasteiger partial charge in [-0.3, -0.25) is 24.0 Å². The Hall–Kier alpha value is -3.47. The van der Waals surface area contributed by atoms with E-state index in [4.69, 9.17) is 0 Å². The molecule has 36 heavy (non-hydrogen) atoms. The van der Waals surface area contributed by atoms with E-state index in [2.05, 4.69) is 5.32 Å². The van der Waals surface area contributed by atoms with Crippen LogP contribution in [0.25, 0.3) is 0 Å². The molecule has 0 saturated heterocycles. The van der Waals surface area contributed by atoms with Gasteiger partial charge in [0.15, 0.2) is 0 Å². The lowest BCUT2D eigenvalue weighted by atomic mass is 10.1. The maximum atomic E-state index is 13.7. The van der Waals surface area contributed by atoms with Crippen LogP contribution in [0.4, 0.5) is 11.4 Å². The number of nitro benzene ring substituents is 1. The van der Waals surface area contributed by atoms with Gasteiger partial charge in [-0.2, -0.15) is 0 Å². The number of rotatable bonds is 12. The van der Waals surface area contributed by atoms with Gasteiger partial charge in [0.25, 0.3) is 5.69 Å². The third-order valence-corrected chi connectivity index (χ3v) is 6.89. The first-order chi connectivity index (χ1) is 16.9. The molecule has 0 spiro atoms. The van der Waals surface area contributed by atoms with Crippen LogP contribution < -0.4 is 9.62 Å². The van der Waals surface area contributed by atoms with Crippen LogP contribution in [0.2, 0.25) is 0 Å². The highest BCUT2D eigenvalue weighted by atomic mass is 32.2. The van der Waals surface area contributed by atoms with Gasteiger partial charge in [-0.1, -0.05) is 49.7 Å². The first kappa shape index (κ1) is 28.8. The fraction of sp³-hybridized carbons (Fsp3) is 0.440. The van der Waals surface area contributed by atoms with Gasteiger partial charge in [-0.15, -0.1) is 0 Å². The number of carbonyl (C=O) groups excluding carboxylic acids is 2. The highest BCUT2D eigenvalue weighted by Crippen LogP contribution is 2.28. The Balaban J connectivity index is 2.50. The molecule has 2 aromatic rings. The zero-order valence-electron chi connectivity index (χ0n) is 21.4. The van der Waals surface area contributed by atoms with Gasteiger partial charge >= 0.3 is 0 Å². The maximum Gasteiger partial charge on any atom is 0.271 e. The molecule has 0 fully saturated rings. The minimum atomic E-state index is -3.99. The number of nitrogens with one attached hydrogen (secondary N) is 1. The second kappa shape index (κ2) is 12.5. The van der Waals surface area contributed by atoms with Crippen LogP contribution in [0.5, 0.6) is 0 Å². The molecule has 0 aliphatic heterocycles. The molecule has 10 nitrogen and oxygen atoms in total. The number of carbonyl (C=O) groups is 2. The van der Waals surface area contributed by atoms with E-state index >= 15 is 0 Å². The number of nitro groups is 1. The summed E-state index contributed by atoms with van der Waals surface area (Å²) >= 11 is 0. The topological polar surface area (TPSA) is 130 Å². The number of aryl methyl sites for hydroxylation is 2. The van der Waals surface area contributed by atoms with Gasteiger partial charge in [0, 0.05) is 25.2 Å². The van der Waals surface area contributed by atoms with Crippen molar-refractivity contribution in [3.63, 3.8) is 0 Å². The van der Waals surface area contributed by atoms with Gasteiger partial charge in [0.05, 0.1) is 16.9 Å². The van der Waals surface area contributed by atoms with Crippen molar-refractivity contribution >= 4 is 33.2 Å². The number of hydrogen-bond acceptors (Lipinski definition) is 6. The zero-order valence-corrected chi connectivity index (χ0v) is 22.2. The lowest BCUT2D eigenvalue weighted by Gasteiger charge is -2.33. The number of hydrogen-bond donors (Lipinski definition) is 1. The average molecular weight is 519 g/mol. The van der Waals surface area contributed by atoms with E-state index < -0.39 is 33.4 Å². The molecule has 0 aromatic heterocycles. The molecule has 2 rings (SSSR count). The van der Waals surface area contributed by atoms with Gasteiger partial charge in [0.2, 0.25) is 21.8 Å². The molecule has 0 heterocycles. The molecular weight excluding hydrogens is 484 g/mol. The molecule has 11 heteroatoms. The summed E-state index contributed by atoms with van der Waals surface area (Å²) in [5, 5.41) is 14.1. The average Bonchev–Trinajstić information content (AvgIpc) is 2.81. The van der Waals surface area contributed by atoms with Gasteiger partial charge in [0.1, 0.15) is 12.6 Å². The van der Waals surface area contributed by atoms with Crippen molar-refractivity contribution in [1.29, 1.82) is 0 Å². The Labute approximate surface area is 212 Å². The summed E-state index contributed by atoms with van der Waals surface area (Å²) in [6.45, 7) is 7.19. The molecule has 0 radical (unpaired) electrons. The molecule has 1 atom stereocenters. The number of anilines is 1. The van der Waals surface area contributed by atoms with Crippen molar-refractivity contribution < 1.29 is 22.9 Å². The largest absolute Gasteiger partial charge is 0.354 e. The molecule has 2 amide bonds. The zero-order chi connectivity index (χ0) is 27.0. The van der Waals surface area contributed by atoms with Gasteiger partial charge in [-0.05, 0) is 37.8 Å². The molecule has 0 saturated carbocycles. The monoisotopic (exact) mass is 518 g/mol. The Bertz CT molecular complexity index is 1200. The van der Waals surface area contributed by atoms with Crippen molar-refractivity contribution in [2.75, 3.05) is 23.7 Å². The standard InChI is InChI=1S/C25H34N4O6S/c1-6-14-26-25(31)22(7-2)27(16-20-11-8-18(3)9-12-20)24(30)17-28(36(5,34)35)23-15-21(29(32)33)13-10-19(23)4/h8-13,15,22H,6-7,14,16-17H2,1-5H3,(H,26,31). The molecule has 1 N–H and O–H groups in total. The third kappa shape index (κ3) is 7.51. The third-order valence-electron chi connectivity index (χ3n) is 5.76. The number of non-ortho nitro benzene ring substituents is 1. The van der Waals surface area contributed by atoms with Crippen molar-refractivity contribution in [3.8, 4) is 0 Å². The maximum absolute atomic E-state index is 13.7. The van der Waals surface area contributed by atoms with Crippen molar-refractivity contribution in [1.82, 2.24) is 10.2 Å². The number of benzene rings is 2. The highest BCUT2D eigenvalue weighted by Gasteiger charge is 2.32. The molecule has 196 valence electrons. The second-order valence-electron chi connectivity index (χ2n) is 8.72. The van der Waals surface area contributed by atoms with Crippen molar-refractivity contribution in [3.05, 3.63) is 69.3 Å². The number of amides is 2. The number of sulfonamides is 1. The van der Waals surface area contributed by atoms with Crippen molar-refractivity contribution in [2.45, 2.75) is 53.1 Å². The van der Waals surface area contributed by atoms with Gasteiger partial charge in [-0.25, -0.2) is 8.42 Å². The fourth-order valence-corrected chi connectivity index (χ4v) is 4.65. The molecule has 1 unspecified atom stereocenters. The van der Waals surface area contributed by atoms with Crippen LogP contribution >= 0.6 is 0 Å². The summed E-state index contributed by atoms with van der Waals surface area (Å²) in [5.41, 5.74) is 2.02. The summed E-state index contributed by atoms with van der Waals surface area (Å²) in [7, 11) is -3.99. The molecule has 0 aliphatic carbocycles.